The third kappa shape index (κ3) is 7.50. The highest BCUT2D eigenvalue weighted by molar-refractivity contribution is 5.90. The lowest BCUT2D eigenvalue weighted by molar-refractivity contribution is 0.0600. The van der Waals surface area contributed by atoms with E-state index in [-0.39, 0.29) is 18.1 Å². The fourth-order valence-electron chi connectivity index (χ4n) is 5.00. The SMILES string of the molecule is COC(=O)c1ccc2c(c1)[C@@H]1[C@@H](CCN1C(N)=NCC=C(C)C)[C@H](CCCNC(N)=NCC=C(C)C)N2. The Balaban J connectivity index is 1.76. The molecule has 0 bridgehead atoms. The molecule has 0 radical (unpaired) electrons. The number of hydrogen-bond acceptors (Lipinski definition) is 5. The summed E-state index contributed by atoms with van der Waals surface area (Å²) < 4.78 is 4.97. The molecule has 1 aromatic rings. The number of anilines is 1. The van der Waals surface area contributed by atoms with Crippen molar-refractivity contribution < 1.29 is 9.53 Å². The molecule has 37 heavy (non-hydrogen) atoms. The number of guanidine groups is 2. The van der Waals surface area contributed by atoms with Crippen molar-refractivity contribution in [2.24, 2.45) is 27.4 Å². The molecule has 202 valence electrons. The van der Waals surface area contributed by atoms with E-state index in [1.54, 1.807) is 0 Å². The number of ether oxygens (including phenoxy) is 1. The monoisotopic (exact) mass is 509 g/mol. The van der Waals surface area contributed by atoms with Gasteiger partial charge in [-0.1, -0.05) is 23.3 Å². The molecular formula is C28H43N7O2. The Bertz CT molecular complexity index is 1070. The maximum absolute atomic E-state index is 12.3. The van der Waals surface area contributed by atoms with Crippen molar-refractivity contribution in [3.8, 4) is 0 Å². The van der Waals surface area contributed by atoms with Crippen LogP contribution in [0.1, 0.15) is 68.9 Å². The van der Waals surface area contributed by atoms with Crippen LogP contribution in [0.2, 0.25) is 0 Å². The normalized spacial score (nSPS) is 20.9. The third-order valence-corrected chi connectivity index (χ3v) is 6.90. The number of carbonyl (C=O) groups is 1. The number of rotatable bonds is 9. The Morgan fingerprint density at radius 3 is 2.54 bits per heavy atom. The number of carbonyl (C=O) groups excluding carboxylic acids is 1. The minimum atomic E-state index is -0.342. The minimum Gasteiger partial charge on any atom is -0.465 e. The van der Waals surface area contributed by atoms with Gasteiger partial charge in [0.25, 0.3) is 0 Å². The zero-order valence-electron chi connectivity index (χ0n) is 22.9. The molecule has 0 spiro atoms. The van der Waals surface area contributed by atoms with Crippen molar-refractivity contribution in [2.45, 2.75) is 59.0 Å². The van der Waals surface area contributed by atoms with Crippen LogP contribution in [0.4, 0.5) is 5.69 Å². The molecule has 0 aromatic heterocycles. The van der Waals surface area contributed by atoms with Gasteiger partial charge in [0.1, 0.15) is 0 Å². The summed E-state index contributed by atoms with van der Waals surface area (Å²) in [4.78, 5) is 23.4. The lowest BCUT2D eigenvalue weighted by Crippen LogP contribution is -2.44. The number of hydrogen-bond donors (Lipinski definition) is 4. The van der Waals surface area contributed by atoms with Gasteiger partial charge in [0.2, 0.25) is 0 Å². The van der Waals surface area contributed by atoms with Crippen molar-refractivity contribution in [1.82, 2.24) is 10.2 Å². The van der Waals surface area contributed by atoms with E-state index in [9.17, 15) is 4.79 Å². The molecule has 1 aromatic carbocycles. The molecule has 2 aliphatic heterocycles. The molecule has 2 heterocycles. The van der Waals surface area contributed by atoms with Gasteiger partial charge in [-0.2, -0.15) is 0 Å². The summed E-state index contributed by atoms with van der Waals surface area (Å²) in [5, 5.41) is 6.96. The second-order valence-corrected chi connectivity index (χ2v) is 10.2. The Kier molecular flexibility index (Phi) is 10.00. The second-order valence-electron chi connectivity index (χ2n) is 10.2. The summed E-state index contributed by atoms with van der Waals surface area (Å²) in [5.74, 6) is 1.01. The van der Waals surface area contributed by atoms with Gasteiger partial charge in [0.05, 0.1) is 31.8 Å². The summed E-state index contributed by atoms with van der Waals surface area (Å²) in [5.41, 5.74) is 17.6. The molecule has 3 atom stereocenters. The van der Waals surface area contributed by atoms with E-state index in [4.69, 9.17) is 16.2 Å². The molecule has 0 unspecified atom stereocenters. The standard InChI is InChI=1S/C28H43N7O2/c1-18(2)10-14-32-27(29)31-13-6-7-23-21-12-16-35(28(30)33-15-11-19(3)4)25(21)22-17-20(26(36)37-5)8-9-24(22)34-23/h8-11,17,21,23,25,34H,6-7,12-16H2,1-5H3,(H2,30,33)(H3,29,31,32)/t21-,23-,25-/m0/s1. The van der Waals surface area contributed by atoms with E-state index in [1.165, 1.54) is 18.3 Å². The largest absolute Gasteiger partial charge is 0.465 e. The van der Waals surface area contributed by atoms with E-state index in [0.717, 1.165) is 43.6 Å². The third-order valence-electron chi connectivity index (χ3n) is 6.90. The first-order valence-electron chi connectivity index (χ1n) is 13.1. The molecule has 3 rings (SSSR count). The quantitative estimate of drug-likeness (QED) is 0.132. The summed E-state index contributed by atoms with van der Waals surface area (Å²) >= 11 is 0. The van der Waals surface area contributed by atoms with Crippen molar-refractivity contribution in [2.75, 3.05) is 38.6 Å². The summed E-state index contributed by atoms with van der Waals surface area (Å²) in [6, 6.07) is 6.04. The van der Waals surface area contributed by atoms with E-state index in [2.05, 4.69) is 45.4 Å². The zero-order chi connectivity index (χ0) is 26.9. The Labute approximate surface area is 221 Å². The lowest BCUT2D eigenvalue weighted by atomic mass is 9.80. The van der Waals surface area contributed by atoms with Crippen LogP contribution in [0.3, 0.4) is 0 Å². The van der Waals surface area contributed by atoms with Gasteiger partial charge < -0.3 is 31.7 Å². The second kappa shape index (κ2) is 13.2. The molecule has 2 aliphatic rings. The highest BCUT2D eigenvalue weighted by Gasteiger charge is 2.44. The van der Waals surface area contributed by atoms with Crippen LogP contribution in [-0.4, -0.2) is 62.1 Å². The molecular weight excluding hydrogens is 466 g/mol. The lowest BCUT2D eigenvalue weighted by Gasteiger charge is -2.40. The molecule has 1 saturated heterocycles. The number of aliphatic imine (C=N–C) groups is 2. The van der Waals surface area contributed by atoms with Gasteiger partial charge in [-0.05, 0) is 70.7 Å². The van der Waals surface area contributed by atoms with Crippen molar-refractivity contribution in [1.29, 1.82) is 0 Å². The molecule has 0 saturated carbocycles. The predicted octanol–water partition coefficient (Wildman–Crippen LogP) is 3.56. The summed E-state index contributed by atoms with van der Waals surface area (Å²) in [7, 11) is 1.40. The average molecular weight is 510 g/mol. The van der Waals surface area contributed by atoms with Gasteiger partial charge >= 0.3 is 5.97 Å². The van der Waals surface area contributed by atoms with Crippen molar-refractivity contribution in [3.63, 3.8) is 0 Å². The van der Waals surface area contributed by atoms with Crippen LogP contribution in [0.25, 0.3) is 0 Å². The predicted molar refractivity (Wildman–Crippen MR) is 152 cm³/mol. The maximum Gasteiger partial charge on any atom is 0.337 e. The Hall–Kier alpha value is -3.49. The van der Waals surface area contributed by atoms with Crippen LogP contribution in [0, 0.1) is 5.92 Å². The van der Waals surface area contributed by atoms with Crippen LogP contribution >= 0.6 is 0 Å². The van der Waals surface area contributed by atoms with E-state index in [0.29, 0.717) is 36.5 Å². The van der Waals surface area contributed by atoms with Crippen LogP contribution < -0.4 is 22.1 Å². The number of nitrogens with one attached hydrogen (secondary N) is 2. The van der Waals surface area contributed by atoms with Crippen LogP contribution in [-0.2, 0) is 4.74 Å². The maximum atomic E-state index is 12.3. The first kappa shape index (κ1) is 28.1. The molecule has 6 N–H and O–H groups in total. The minimum absolute atomic E-state index is 0.0463. The van der Waals surface area contributed by atoms with Crippen LogP contribution in [0.15, 0.2) is 51.5 Å². The van der Waals surface area contributed by atoms with Gasteiger partial charge in [-0.3, -0.25) is 0 Å². The number of esters is 1. The van der Waals surface area contributed by atoms with Crippen LogP contribution in [0.5, 0.6) is 0 Å². The number of allylic oxidation sites excluding steroid dienone is 2. The van der Waals surface area contributed by atoms with Gasteiger partial charge in [0.15, 0.2) is 11.9 Å². The van der Waals surface area contributed by atoms with E-state index >= 15 is 0 Å². The number of nitrogens with two attached hydrogens (primary N) is 2. The Morgan fingerprint density at radius 1 is 1.16 bits per heavy atom. The van der Waals surface area contributed by atoms with Crippen molar-refractivity contribution >= 4 is 23.6 Å². The average Bonchev–Trinajstić information content (AvgIpc) is 3.31. The number of nitrogens with zero attached hydrogens (tertiary/aromatic N) is 3. The highest BCUT2D eigenvalue weighted by Crippen LogP contribution is 2.47. The molecule has 9 heteroatoms. The number of methoxy groups -OCH3 is 1. The molecule has 0 aliphatic carbocycles. The van der Waals surface area contributed by atoms with Crippen molar-refractivity contribution in [3.05, 3.63) is 52.6 Å². The smallest absolute Gasteiger partial charge is 0.337 e. The molecule has 1 fully saturated rings. The molecule has 9 nitrogen and oxygen atoms in total. The van der Waals surface area contributed by atoms with Gasteiger partial charge in [-0.25, -0.2) is 14.8 Å². The first-order valence-corrected chi connectivity index (χ1v) is 13.1. The molecule has 0 amide bonds. The van der Waals surface area contributed by atoms with E-state index in [1.807, 2.05) is 38.1 Å². The summed E-state index contributed by atoms with van der Waals surface area (Å²) in [6.45, 7) is 10.9. The Morgan fingerprint density at radius 2 is 1.86 bits per heavy atom. The number of fused-ring (bicyclic) bond motifs is 3. The van der Waals surface area contributed by atoms with E-state index < -0.39 is 0 Å². The van der Waals surface area contributed by atoms with Gasteiger partial charge in [0, 0.05) is 30.7 Å². The zero-order valence-corrected chi connectivity index (χ0v) is 22.9. The highest BCUT2D eigenvalue weighted by atomic mass is 16.5. The number of benzene rings is 1. The van der Waals surface area contributed by atoms with Gasteiger partial charge in [-0.15, -0.1) is 0 Å². The summed E-state index contributed by atoms with van der Waals surface area (Å²) in [6.07, 6.45) is 7.01. The topological polar surface area (TPSA) is 130 Å². The number of likely N-dealkylation sites (tertiary alicyclic amines) is 1. The fourth-order valence-corrected chi connectivity index (χ4v) is 5.00. The first-order chi connectivity index (χ1) is 17.7. The fraction of sp³-hybridized carbons (Fsp3) is 0.536.